The van der Waals surface area contributed by atoms with Crippen LogP contribution in [0.3, 0.4) is 0 Å². The summed E-state index contributed by atoms with van der Waals surface area (Å²) in [6, 6.07) is 9.56. The number of benzene rings is 2. The fourth-order valence-electron chi connectivity index (χ4n) is 1.64. The smallest absolute Gasteiger partial charge is 0.123 e. The van der Waals surface area contributed by atoms with Crippen LogP contribution in [0.4, 0.5) is 4.39 Å². The van der Waals surface area contributed by atoms with Crippen LogP contribution in [0.25, 0.3) is 0 Å². The molecule has 0 fully saturated rings. The molecule has 0 amide bonds. The van der Waals surface area contributed by atoms with Crippen molar-refractivity contribution < 1.29 is 4.39 Å². The van der Waals surface area contributed by atoms with Crippen LogP contribution in [0.15, 0.2) is 46.2 Å². The maximum Gasteiger partial charge on any atom is 0.123 e. The zero-order valence-electron chi connectivity index (χ0n) is 10.2. The average molecular weight is 316 g/mol. The van der Waals surface area contributed by atoms with Crippen molar-refractivity contribution in [2.24, 2.45) is 5.73 Å². The molecule has 19 heavy (non-hydrogen) atoms. The molecule has 0 spiro atoms. The molecule has 100 valence electrons. The Kier molecular flexibility index (Phi) is 4.74. The van der Waals surface area contributed by atoms with Gasteiger partial charge in [-0.05, 0) is 48.9 Å². The van der Waals surface area contributed by atoms with Crippen LogP contribution < -0.4 is 5.73 Å². The van der Waals surface area contributed by atoms with Gasteiger partial charge in [-0.3, -0.25) is 0 Å². The van der Waals surface area contributed by atoms with Crippen LogP contribution in [0.5, 0.6) is 0 Å². The van der Waals surface area contributed by atoms with E-state index in [0.29, 0.717) is 10.0 Å². The molecule has 0 bridgehead atoms. The number of nitrogens with two attached hydrogens (primary N) is 1. The minimum absolute atomic E-state index is 0.254. The second kappa shape index (κ2) is 6.14. The van der Waals surface area contributed by atoms with Crippen LogP contribution in [0.1, 0.15) is 18.5 Å². The first kappa shape index (κ1) is 14.7. The van der Waals surface area contributed by atoms with Crippen molar-refractivity contribution in [2.45, 2.75) is 22.8 Å². The fourth-order valence-corrected chi connectivity index (χ4v) is 3.20. The van der Waals surface area contributed by atoms with E-state index < -0.39 is 0 Å². The summed E-state index contributed by atoms with van der Waals surface area (Å²) in [5.74, 6) is -0.297. The second-order valence-electron chi connectivity index (χ2n) is 4.15. The zero-order chi connectivity index (χ0) is 14.0. The second-order valence-corrected chi connectivity index (χ2v) is 6.08. The molecule has 2 rings (SSSR count). The zero-order valence-corrected chi connectivity index (χ0v) is 12.5. The van der Waals surface area contributed by atoms with E-state index in [-0.39, 0.29) is 11.9 Å². The highest BCUT2D eigenvalue weighted by molar-refractivity contribution is 7.99. The summed E-state index contributed by atoms with van der Waals surface area (Å²) in [4.78, 5) is 1.70. The molecule has 5 heteroatoms. The normalized spacial score (nSPS) is 12.5. The highest BCUT2D eigenvalue weighted by Gasteiger charge is 2.11. The molecule has 2 aromatic carbocycles. The van der Waals surface area contributed by atoms with Gasteiger partial charge in [0.2, 0.25) is 0 Å². The number of rotatable bonds is 3. The van der Waals surface area contributed by atoms with Crippen molar-refractivity contribution in [3.8, 4) is 0 Å². The van der Waals surface area contributed by atoms with Crippen LogP contribution in [0, 0.1) is 5.82 Å². The molecule has 0 aliphatic carbocycles. The van der Waals surface area contributed by atoms with Crippen LogP contribution in [0.2, 0.25) is 10.0 Å². The van der Waals surface area contributed by atoms with Gasteiger partial charge in [0.25, 0.3) is 0 Å². The van der Waals surface area contributed by atoms with Crippen molar-refractivity contribution in [1.82, 2.24) is 0 Å². The summed E-state index contributed by atoms with van der Waals surface area (Å²) in [5, 5.41) is 1.21. The molecular weight excluding hydrogens is 304 g/mol. The van der Waals surface area contributed by atoms with E-state index in [1.807, 2.05) is 6.92 Å². The first-order chi connectivity index (χ1) is 8.97. The minimum atomic E-state index is -0.297. The van der Waals surface area contributed by atoms with Gasteiger partial charge >= 0.3 is 0 Å². The third-order valence-corrected chi connectivity index (χ3v) is 4.40. The third-order valence-electron chi connectivity index (χ3n) is 2.58. The lowest BCUT2D eigenvalue weighted by atomic mass is 10.1. The highest BCUT2D eigenvalue weighted by atomic mass is 35.5. The molecule has 1 nitrogen and oxygen atoms in total. The lowest BCUT2D eigenvalue weighted by Gasteiger charge is -2.13. The molecule has 0 saturated carbocycles. The van der Waals surface area contributed by atoms with Gasteiger partial charge in [0, 0.05) is 20.9 Å². The number of halogens is 3. The average Bonchev–Trinajstić information content (AvgIpc) is 2.35. The maximum atomic E-state index is 13.3. The van der Waals surface area contributed by atoms with Crippen LogP contribution in [-0.2, 0) is 0 Å². The van der Waals surface area contributed by atoms with E-state index >= 15 is 0 Å². The van der Waals surface area contributed by atoms with Crippen LogP contribution >= 0.6 is 35.0 Å². The summed E-state index contributed by atoms with van der Waals surface area (Å²) in [6.45, 7) is 1.82. The van der Waals surface area contributed by atoms with Crippen LogP contribution in [-0.4, -0.2) is 0 Å². The van der Waals surface area contributed by atoms with E-state index in [1.165, 1.54) is 23.9 Å². The Hall–Kier alpha value is -0.740. The Morgan fingerprint density at radius 3 is 2.53 bits per heavy atom. The monoisotopic (exact) mass is 315 g/mol. The van der Waals surface area contributed by atoms with Gasteiger partial charge in [0.1, 0.15) is 5.82 Å². The van der Waals surface area contributed by atoms with Gasteiger partial charge in [-0.25, -0.2) is 4.39 Å². The van der Waals surface area contributed by atoms with E-state index in [2.05, 4.69) is 0 Å². The van der Waals surface area contributed by atoms with Gasteiger partial charge < -0.3 is 5.73 Å². The Labute approximate surface area is 125 Å². The molecule has 0 aliphatic rings. The van der Waals surface area contributed by atoms with Crippen molar-refractivity contribution in [3.05, 3.63) is 57.8 Å². The number of hydrogen-bond acceptors (Lipinski definition) is 2. The van der Waals surface area contributed by atoms with E-state index in [0.717, 1.165) is 15.4 Å². The molecule has 0 radical (unpaired) electrons. The summed E-state index contributed by atoms with van der Waals surface area (Å²) in [7, 11) is 0. The fraction of sp³-hybridized carbons (Fsp3) is 0.143. The third kappa shape index (κ3) is 3.63. The maximum absolute atomic E-state index is 13.3. The van der Waals surface area contributed by atoms with Crippen molar-refractivity contribution in [1.29, 1.82) is 0 Å². The van der Waals surface area contributed by atoms with Gasteiger partial charge in [0.15, 0.2) is 0 Å². The van der Waals surface area contributed by atoms with E-state index in [4.69, 9.17) is 28.9 Å². The van der Waals surface area contributed by atoms with E-state index in [1.54, 1.807) is 24.3 Å². The van der Waals surface area contributed by atoms with Gasteiger partial charge in [-0.15, -0.1) is 0 Å². The predicted octanol–water partition coefficient (Wildman–Crippen LogP) is 5.30. The summed E-state index contributed by atoms with van der Waals surface area (Å²) in [5.41, 5.74) is 6.62. The molecular formula is C14H12Cl2FNS. The van der Waals surface area contributed by atoms with E-state index in [9.17, 15) is 4.39 Å². The van der Waals surface area contributed by atoms with Gasteiger partial charge in [0.05, 0.1) is 5.02 Å². The molecule has 0 aromatic heterocycles. The quantitative estimate of drug-likeness (QED) is 0.831. The summed E-state index contributed by atoms with van der Waals surface area (Å²) in [6.07, 6.45) is 0. The lowest BCUT2D eigenvalue weighted by Crippen LogP contribution is -2.06. The molecule has 0 saturated heterocycles. The Morgan fingerprint density at radius 1 is 1.11 bits per heavy atom. The van der Waals surface area contributed by atoms with Gasteiger partial charge in [-0.2, -0.15) is 0 Å². The Morgan fingerprint density at radius 2 is 1.84 bits per heavy atom. The van der Waals surface area contributed by atoms with Crippen molar-refractivity contribution >= 4 is 35.0 Å². The minimum Gasteiger partial charge on any atom is -0.324 e. The summed E-state index contributed by atoms with van der Waals surface area (Å²) >= 11 is 13.5. The topological polar surface area (TPSA) is 26.0 Å². The first-order valence-electron chi connectivity index (χ1n) is 5.65. The Balaban J connectivity index is 2.40. The number of hydrogen-bond donors (Lipinski definition) is 1. The highest BCUT2D eigenvalue weighted by Crippen LogP contribution is 2.38. The lowest BCUT2D eigenvalue weighted by molar-refractivity contribution is 0.619. The molecule has 1 atom stereocenters. The summed E-state index contributed by atoms with van der Waals surface area (Å²) < 4.78 is 13.3. The predicted molar refractivity (Wildman–Crippen MR) is 79.6 cm³/mol. The Bertz CT molecular complexity index is 602. The molecule has 2 N–H and O–H groups in total. The largest absolute Gasteiger partial charge is 0.324 e. The standard InChI is InChI=1S/C14H12Cl2FNS/c1-8(18)11-7-10(17)3-5-13(11)19-14-6-9(15)2-4-12(14)16/h2-8H,18H2,1H3/t8-/m0/s1. The molecule has 0 aliphatic heterocycles. The first-order valence-corrected chi connectivity index (χ1v) is 7.22. The molecule has 0 unspecified atom stereocenters. The molecule has 2 aromatic rings. The van der Waals surface area contributed by atoms with Crippen molar-refractivity contribution in [3.63, 3.8) is 0 Å². The molecule has 0 heterocycles. The SMILES string of the molecule is C[C@H](N)c1cc(F)ccc1Sc1cc(Cl)ccc1Cl. The van der Waals surface area contributed by atoms with Gasteiger partial charge in [-0.1, -0.05) is 35.0 Å². The van der Waals surface area contributed by atoms with Crippen molar-refractivity contribution in [2.75, 3.05) is 0 Å².